The standard InChI is InChI=1S/C20H20Cl2O2/c1-5-10-24-18-9-6-12(2)19(14(18)4)20(23)13(3)16-8-7-15(21)11-17(16)22/h6-9,11H,3,5,10H2,1-2,4H3. The first kappa shape index (κ1) is 18.6. The van der Waals surface area contributed by atoms with E-state index < -0.39 is 0 Å². The van der Waals surface area contributed by atoms with Crippen LogP contribution in [0.5, 0.6) is 5.75 Å². The van der Waals surface area contributed by atoms with Gasteiger partial charge in [-0.15, -0.1) is 0 Å². The zero-order chi connectivity index (χ0) is 17.9. The summed E-state index contributed by atoms with van der Waals surface area (Å²) in [5.41, 5.74) is 3.24. The van der Waals surface area contributed by atoms with Crippen LogP contribution >= 0.6 is 23.2 Å². The predicted molar refractivity (Wildman–Crippen MR) is 102 cm³/mol. The smallest absolute Gasteiger partial charge is 0.193 e. The molecule has 0 spiro atoms. The van der Waals surface area contributed by atoms with E-state index in [0.29, 0.717) is 33.4 Å². The van der Waals surface area contributed by atoms with Crippen molar-refractivity contribution in [3.05, 3.63) is 69.2 Å². The third-order valence-electron chi connectivity index (χ3n) is 3.84. The summed E-state index contributed by atoms with van der Waals surface area (Å²) < 4.78 is 5.73. The first-order chi connectivity index (χ1) is 11.4. The molecule has 0 bridgehead atoms. The minimum Gasteiger partial charge on any atom is -0.493 e. The van der Waals surface area contributed by atoms with Crippen LogP contribution in [0.3, 0.4) is 0 Å². The van der Waals surface area contributed by atoms with Gasteiger partial charge in [0.05, 0.1) is 6.61 Å². The number of aryl methyl sites for hydroxylation is 1. The van der Waals surface area contributed by atoms with E-state index in [-0.39, 0.29) is 5.78 Å². The molecule has 0 saturated heterocycles. The predicted octanol–water partition coefficient (Wildman–Crippen LogP) is 6.30. The van der Waals surface area contributed by atoms with Crippen LogP contribution < -0.4 is 4.74 Å². The van der Waals surface area contributed by atoms with Gasteiger partial charge in [-0.3, -0.25) is 4.79 Å². The Morgan fingerprint density at radius 3 is 2.50 bits per heavy atom. The zero-order valence-corrected chi connectivity index (χ0v) is 15.6. The van der Waals surface area contributed by atoms with Crippen molar-refractivity contribution >= 4 is 34.6 Å². The fourth-order valence-corrected chi connectivity index (χ4v) is 3.08. The Balaban J connectivity index is 2.43. The number of ether oxygens (including phenoxy) is 1. The fourth-order valence-electron chi connectivity index (χ4n) is 2.55. The van der Waals surface area contributed by atoms with Crippen molar-refractivity contribution < 1.29 is 9.53 Å². The molecule has 0 saturated carbocycles. The van der Waals surface area contributed by atoms with Crippen molar-refractivity contribution in [2.24, 2.45) is 0 Å². The first-order valence-corrected chi connectivity index (χ1v) is 8.54. The van der Waals surface area contributed by atoms with Crippen LogP contribution in [-0.4, -0.2) is 12.4 Å². The molecule has 0 aromatic heterocycles. The van der Waals surface area contributed by atoms with E-state index in [2.05, 4.69) is 6.58 Å². The summed E-state index contributed by atoms with van der Waals surface area (Å²) in [6, 6.07) is 8.81. The summed E-state index contributed by atoms with van der Waals surface area (Å²) in [5.74, 6) is 0.567. The lowest BCUT2D eigenvalue weighted by Gasteiger charge is -2.16. The summed E-state index contributed by atoms with van der Waals surface area (Å²) in [4.78, 5) is 13.0. The van der Waals surface area contributed by atoms with Crippen LogP contribution in [0.4, 0.5) is 0 Å². The van der Waals surface area contributed by atoms with Gasteiger partial charge >= 0.3 is 0 Å². The lowest BCUT2D eigenvalue weighted by Crippen LogP contribution is -2.09. The summed E-state index contributed by atoms with van der Waals surface area (Å²) in [6.07, 6.45) is 0.906. The van der Waals surface area contributed by atoms with Gasteiger partial charge in [0.25, 0.3) is 0 Å². The molecule has 0 amide bonds. The number of hydrogen-bond acceptors (Lipinski definition) is 2. The van der Waals surface area contributed by atoms with Gasteiger partial charge in [0, 0.05) is 32.3 Å². The molecule has 0 heterocycles. The van der Waals surface area contributed by atoms with Crippen LogP contribution in [-0.2, 0) is 0 Å². The van der Waals surface area contributed by atoms with E-state index in [4.69, 9.17) is 27.9 Å². The van der Waals surface area contributed by atoms with Crippen LogP contribution in [0, 0.1) is 13.8 Å². The highest BCUT2D eigenvalue weighted by Gasteiger charge is 2.20. The Bertz CT molecular complexity index is 794. The summed E-state index contributed by atoms with van der Waals surface area (Å²) in [7, 11) is 0. The lowest BCUT2D eigenvalue weighted by atomic mass is 9.91. The van der Waals surface area contributed by atoms with Gasteiger partial charge in [-0.1, -0.05) is 48.8 Å². The molecule has 2 nitrogen and oxygen atoms in total. The number of ketones is 1. The maximum atomic E-state index is 13.0. The molecule has 0 aliphatic rings. The van der Waals surface area contributed by atoms with E-state index >= 15 is 0 Å². The molecule has 0 aliphatic carbocycles. The second kappa shape index (κ2) is 7.87. The molecule has 126 valence electrons. The molecule has 0 atom stereocenters. The zero-order valence-electron chi connectivity index (χ0n) is 14.1. The van der Waals surface area contributed by atoms with Crippen LogP contribution in [0.15, 0.2) is 36.9 Å². The average molecular weight is 363 g/mol. The van der Waals surface area contributed by atoms with Gasteiger partial charge < -0.3 is 4.74 Å². The van der Waals surface area contributed by atoms with Gasteiger partial charge in [0.15, 0.2) is 5.78 Å². The highest BCUT2D eigenvalue weighted by atomic mass is 35.5. The number of carbonyl (C=O) groups is 1. The number of halogens is 2. The van der Waals surface area contributed by atoms with E-state index in [1.54, 1.807) is 18.2 Å². The molecule has 2 rings (SSSR count). The van der Waals surface area contributed by atoms with Crippen molar-refractivity contribution in [3.8, 4) is 5.75 Å². The molecule has 0 aliphatic heterocycles. The van der Waals surface area contributed by atoms with Crippen molar-refractivity contribution in [2.75, 3.05) is 6.61 Å². The van der Waals surface area contributed by atoms with Crippen molar-refractivity contribution in [2.45, 2.75) is 27.2 Å². The molecular weight excluding hydrogens is 343 g/mol. The third-order valence-corrected chi connectivity index (χ3v) is 4.39. The molecular formula is C20H20Cl2O2. The molecule has 2 aromatic carbocycles. The largest absolute Gasteiger partial charge is 0.493 e. The molecule has 0 N–H and O–H groups in total. The van der Waals surface area contributed by atoms with Gasteiger partial charge in [-0.05, 0) is 44.0 Å². The Morgan fingerprint density at radius 1 is 1.17 bits per heavy atom. The Hall–Kier alpha value is -1.77. The number of rotatable bonds is 6. The second-order valence-corrected chi connectivity index (χ2v) is 6.50. The van der Waals surface area contributed by atoms with Crippen LogP contribution in [0.2, 0.25) is 10.0 Å². The SMILES string of the molecule is C=C(C(=O)c1c(C)ccc(OCCC)c1C)c1ccc(Cl)cc1Cl. The highest BCUT2D eigenvalue weighted by Crippen LogP contribution is 2.32. The average Bonchev–Trinajstić information content (AvgIpc) is 2.53. The molecule has 2 aromatic rings. The topological polar surface area (TPSA) is 26.3 Å². The highest BCUT2D eigenvalue weighted by molar-refractivity contribution is 6.39. The third kappa shape index (κ3) is 3.82. The summed E-state index contributed by atoms with van der Waals surface area (Å²) in [5, 5.41) is 0.931. The van der Waals surface area contributed by atoms with Gasteiger partial charge in [0.2, 0.25) is 0 Å². The minimum absolute atomic E-state index is 0.156. The molecule has 24 heavy (non-hydrogen) atoms. The maximum absolute atomic E-state index is 13.0. The van der Waals surface area contributed by atoms with E-state index in [0.717, 1.165) is 23.3 Å². The van der Waals surface area contributed by atoms with E-state index in [9.17, 15) is 4.79 Å². The van der Waals surface area contributed by atoms with Gasteiger partial charge in [-0.25, -0.2) is 0 Å². The molecule has 0 fully saturated rings. The van der Waals surface area contributed by atoms with Gasteiger partial charge in [0.1, 0.15) is 5.75 Å². The van der Waals surface area contributed by atoms with E-state index in [1.165, 1.54) is 0 Å². The molecule has 4 heteroatoms. The Kier molecular flexibility index (Phi) is 6.09. The minimum atomic E-state index is -0.156. The Labute approximate surface area is 153 Å². The first-order valence-electron chi connectivity index (χ1n) is 7.78. The van der Waals surface area contributed by atoms with Crippen molar-refractivity contribution in [3.63, 3.8) is 0 Å². The number of benzene rings is 2. The molecule has 0 radical (unpaired) electrons. The fraction of sp³-hybridized carbons (Fsp3) is 0.250. The quantitative estimate of drug-likeness (QED) is 0.445. The van der Waals surface area contributed by atoms with Gasteiger partial charge in [-0.2, -0.15) is 0 Å². The lowest BCUT2D eigenvalue weighted by molar-refractivity contribution is 0.105. The van der Waals surface area contributed by atoms with Crippen LogP contribution in [0.1, 0.15) is 40.4 Å². The van der Waals surface area contributed by atoms with Crippen LogP contribution in [0.25, 0.3) is 5.57 Å². The number of carbonyl (C=O) groups excluding carboxylic acids is 1. The number of hydrogen-bond donors (Lipinski definition) is 0. The Morgan fingerprint density at radius 2 is 1.88 bits per heavy atom. The number of allylic oxidation sites excluding steroid dienone is 1. The maximum Gasteiger partial charge on any atom is 0.193 e. The second-order valence-electron chi connectivity index (χ2n) is 5.66. The summed E-state index contributed by atoms with van der Waals surface area (Å²) in [6.45, 7) is 10.4. The monoisotopic (exact) mass is 362 g/mol. The molecule has 0 unspecified atom stereocenters. The van der Waals surface area contributed by atoms with Crippen molar-refractivity contribution in [1.82, 2.24) is 0 Å². The summed E-state index contributed by atoms with van der Waals surface area (Å²) >= 11 is 12.1. The van der Waals surface area contributed by atoms with Crippen molar-refractivity contribution in [1.29, 1.82) is 0 Å². The number of Topliss-reactive ketones (excluding diaryl/α,β-unsaturated/α-hetero) is 1. The normalized spacial score (nSPS) is 10.5. The van der Waals surface area contributed by atoms with E-state index in [1.807, 2.05) is 32.9 Å².